The van der Waals surface area contributed by atoms with Crippen molar-refractivity contribution in [3.8, 4) is 0 Å². The standard InChI is InChI=1S/C13H18FN5O/c14-12-7-10(17-9-11(8-15)18-16)1-2-13(12)19-3-5-20-6-4-19/h1-2,7,9H,3-6,8,15-16H2. The highest BCUT2D eigenvalue weighted by Crippen LogP contribution is 2.24. The number of hydrazone groups is 1. The third-order valence-corrected chi connectivity index (χ3v) is 3.02. The topological polar surface area (TPSA) is 89.2 Å². The first-order valence-electron chi connectivity index (χ1n) is 6.37. The number of ether oxygens (including phenoxy) is 1. The predicted molar refractivity (Wildman–Crippen MR) is 78.3 cm³/mol. The Morgan fingerprint density at radius 1 is 1.40 bits per heavy atom. The number of halogens is 1. The fourth-order valence-electron chi connectivity index (χ4n) is 1.92. The SMILES string of the molecule is NCC(C=Nc1ccc(N2CCOCC2)c(F)c1)=NN. The summed E-state index contributed by atoms with van der Waals surface area (Å²) in [6.07, 6.45) is 1.43. The van der Waals surface area contributed by atoms with Crippen LogP contribution >= 0.6 is 0 Å². The molecule has 0 spiro atoms. The second kappa shape index (κ2) is 6.97. The minimum atomic E-state index is -0.305. The number of morpholine rings is 1. The molecule has 0 aliphatic carbocycles. The zero-order chi connectivity index (χ0) is 14.4. The van der Waals surface area contributed by atoms with E-state index in [2.05, 4.69) is 10.1 Å². The average molecular weight is 279 g/mol. The maximum absolute atomic E-state index is 14.1. The molecule has 1 aromatic carbocycles. The van der Waals surface area contributed by atoms with Crippen molar-refractivity contribution in [2.24, 2.45) is 21.7 Å². The molecule has 0 aromatic heterocycles. The molecule has 0 bridgehead atoms. The van der Waals surface area contributed by atoms with Gasteiger partial charge in [-0.15, -0.1) is 0 Å². The summed E-state index contributed by atoms with van der Waals surface area (Å²) in [6.45, 7) is 2.81. The van der Waals surface area contributed by atoms with Crippen LogP contribution in [0.1, 0.15) is 0 Å². The molecule has 1 heterocycles. The predicted octanol–water partition coefficient (Wildman–Crippen LogP) is 0.638. The molecule has 4 N–H and O–H groups in total. The zero-order valence-electron chi connectivity index (χ0n) is 11.1. The minimum absolute atomic E-state index is 0.189. The van der Waals surface area contributed by atoms with Gasteiger partial charge in [-0.25, -0.2) is 4.39 Å². The van der Waals surface area contributed by atoms with Crippen molar-refractivity contribution < 1.29 is 9.13 Å². The van der Waals surface area contributed by atoms with Crippen LogP contribution in [0, 0.1) is 5.82 Å². The largest absolute Gasteiger partial charge is 0.378 e. The van der Waals surface area contributed by atoms with Gasteiger partial charge in [-0.2, -0.15) is 5.10 Å². The van der Waals surface area contributed by atoms with Gasteiger partial charge in [0.05, 0.1) is 36.5 Å². The molecule has 0 atom stereocenters. The Balaban J connectivity index is 2.13. The highest BCUT2D eigenvalue weighted by Gasteiger charge is 2.15. The Hall–Kier alpha value is -1.99. The Kier molecular flexibility index (Phi) is 5.03. The smallest absolute Gasteiger partial charge is 0.148 e. The summed E-state index contributed by atoms with van der Waals surface area (Å²) in [5, 5.41) is 3.46. The lowest BCUT2D eigenvalue weighted by Gasteiger charge is -2.29. The first-order valence-corrected chi connectivity index (χ1v) is 6.37. The van der Waals surface area contributed by atoms with Gasteiger partial charge >= 0.3 is 0 Å². The lowest BCUT2D eigenvalue weighted by Crippen LogP contribution is -2.36. The van der Waals surface area contributed by atoms with E-state index in [4.69, 9.17) is 16.3 Å². The van der Waals surface area contributed by atoms with Crippen molar-refractivity contribution in [1.82, 2.24) is 0 Å². The normalized spacial score (nSPS) is 16.9. The summed E-state index contributed by atoms with van der Waals surface area (Å²) >= 11 is 0. The van der Waals surface area contributed by atoms with Crippen LogP contribution in [0.3, 0.4) is 0 Å². The van der Waals surface area contributed by atoms with E-state index in [0.29, 0.717) is 43.4 Å². The van der Waals surface area contributed by atoms with Gasteiger partial charge in [-0.05, 0) is 12.1 Å². The summed E-state index contributed by atoms with van der Waals surface area (Å²) in [4.78, 5) is 6.05. The number of aliphatic imine (C=N–C) groups is 1. The van der Waals surface area contributed by atoms with E-state index in [1.165, 1.54) is 12.3 Å². The van der Waals surface area contributed by atoms with Gasteiger partial charge in [0.1, 0.15) is 5.82 Å². The van der Waals surface area contributed by atoms with Crippen LogP contribution in [-0.2, 0) is 4.74 Å². The summed E-state index contributed by atoms with van der Waals surface area (Å²) in [6, 6.07) is 4.84. The molecule has 7 heteroatoms. The van der Waals surface area contributed by atoms with Crippen LogP contribution in [0.25, 0.3) is 0 Å². The molecule has 1 saturated heterocycles. The Morgan fingerprint density at radius 2 is 2.15 bits per heavy atom. The van der Waals surface area contributed by atoms with Crippen molar-refractivity contribution in [2.45, 2.75) is 0 Å². The number of rotatable bonds is 4. The van der Waals surface area contributed by atoms with Crippen molar-refractivity contribution in [1.29, 1.82) is 0 Å². The van der Waals surface area contributed by atoms with Gasteiger partial charge in [0, 0.05) is 25.7 Å². The molecule has 1 fully saturated rings. The number of benzene rings is 1. The van der Waals surface area contributed by atoms with E-state index in [9.17, 15) is 4.39 Å². The van der Waals surface area contributed by atoms with E-state index in [0.717, 1.165) is 0 Å². The van der Waals surface area contributed by atoms with Crippen molar-refractivity contribution in [2.75, 3.05) is 37.7 Å². The van der Waals surface area contributed by atoms with E-state index in [1.807, 2.05) is 4.90 Å². The Bertz CT molecular complexity index is 511. The third-order valence-electron chi connectivity index (χ3n) is 3.02. The van der Waals surface area contributed by atoms with E-state index >= 15 is 0 Å². The van der Waals surface area contributed by atoms with E-state index in [-0.39, 0.29) is 12.4 Å². The van der Waals surface area contributed by atoms with Gasteiger partial charge in [0.15, 0.2) is 0 Å². The van der Waals surface area contributed by atoms with Crippen molar-refractivity contribution in [3.05, 3.63) is 24.0 Å². The molecule has 20 heavy (non-hydrogen) atoms. The van der Waals surface area contributed by atoms with Crippen molar-refractivity contribution in [3.63, 3.8) is 0 Å². The highest BCUT2D eigenvalue weighted by atomic mass is 19.1. The van der Waals surface area contributed by atoms with Gasteiger partial charge in [0.2, 0.25) is 0 Å². The molecule has 0 amide bonds. The molecule has 6 nitrogen and oxygen atoms in total. The second-order valence-electron chi connectivity index (χ2n) is 4.32. The summed E-state index contributed by atoms with van der Waals surface area (Å²) in [5.74, 6) is 4.82. The molecular weight excluding hydrogens is 261 g/mol. The number of anilines is 1. The molecule has 1 aliphatic heterocycles. The molecule has 0 radical (unpaired) electrons. The number of nitrogens with zero attached hydrogens (tertiary/aromatic N) is 3. The molecule has 0 saturated carbocycles. The maximum Gasteiger partial charge on any atom is 0.148 e. The molecule has 108 valence electrons. The molecule has 1 aromatic rings. The van der Waals surface area contributed by atoms with Crippen LogP contribution in [-0.4, -0.2) is 44.8 Å². The molecule has 0 unspecified atom stereocenters. The van der Waals surface area contributed by atoms with Gasteiger partial charge < -0.3 is 21.2 Å². The van der Waals surface area contributed by atoms with Gasteiger partial charge in [-0.1, -0.05) is 0 Å². The summed E-state index contributed by atoms with van der Waals surface area (Å²) < 4.78 is 19.3. The molecular formula is C13H18FN5O. The maximum atomic E-state index is 14.1. The monoisotopic (exact) mass is 279 g/mol. The van der Waals surface area contributed by atoms with Crippen molar-refractivity contribution >= 4 is 23.3 Å². The zero-order valence-corrected chi connectivity index (χ0v) is 11.1. The van der Waals surface area contributed by atoms with Crippen LogP contribution in [0.15, 0.2) is 28.3 Å². The quantitative estimate of drug-likeness (QED) is 0.481. The Morgan fingerprint density at radius 3 is 2.75 bits per heavy atom. The fourth-order valence-corrected chi connectivity index (χ4v) is 1.92. The first kappa shape index (κ1) is 14.4. The second-order valence-corrected chi connectivity index (χ2v) is 4.32. The lowest BCUT2D eigenvalue weighted by molar-refractivity contribution is 0.122. The van der Waals surface area contributed by atoms with Crippen LogP contribution in [0.5, 0.6) is 0 Å². The first-order chi connectivity index (χ1) is 9.74. The van der Waals surface area contributed by atoms with Gasteiger partial charge in [0.25, 0.3) is 0 Å². The fraction of sp³-hybridized carbons (Fsp3) is 0.385. The minimum Gasteiger partial charge on any atom is -0.378 e. The lowest BCUT2D eigenvalue weighted by atomic mass is 10.2. The van der Waals surface area contributed by atoms with E-state index < -0.39 is 0 Å². The number of nitrogens with two attached hydrogens (primary N) is 2. The number of hydrogen-bond donors (Lipinski definition) is 2. The average Bonchev–Trinajstić information content (AvgIpc) is 2.49. The van der Waals surface area contributed by atoms with Crippen LogP contribution in [0.2, 0.25) is 0 Å². The molecule has 1 aliphatic rings. The van der Waals surface area contributed by atoms with Crippen LogP contribution in [0.4, 0.5) is 15.8 Å². The van der Waals surface area contributed by atoms with E-state index in [1.54, 1.807) is 12.1 Å². The summed E-state index contributed by atoms with van der Waals surface area (Å²) in [7, 11) is 0. The number of hydrogen-bond acceptors (Lipinski definition) is 6. The third kappa shape index (κ3) is 3.52. The Labute approximate surface area is 116 Å². The molecule has 2 rings (SSSR count). The van der Waals surface area contributed by atoms with Gasteiger partial charge in [-0.3, -0.25) is 4.99 Å². The van der Waals surface area contributed by atoms with Crippen LogP contribution < -0.4 is 16.5 Å². The summed E-state index contributed by atoms with van der Waals surface area (Å²) in [5.41, 5.74) is 6.91. The highest BCUT2D eigenvalue weighted by molar-refractivity contribution is 6.31.